The van der Waals surface area contributed by atoms with Crippen molar-refractivity contribution in [1.29, 1.82) is 0 Å². The molecule has 4 aliphatic rings. The van der Waals surface area contributed by atoms with Crippen molar-refractivity contribution in [1.82, 2.24) is 0 Å². The number of aliphatic hydroxyl groups excluding tert-OH is 3. The van der Waals surface area contributed by atoms with Crippen molar-refractivity contribution in [3.05, 3.63) is 11.6 Å². The number of ketones is 1. The highest BCUT2D eigenvalue weighted by Crippen LogP contribution is 2.68. The summed E-state index contributed by atoms with van der Waals surface area (Å²) in [5, 5.41) is 66.6. The summed E-state index contributed by atoms with van der Waals surface area (Å²) in [6.07, 6.45) is 2.42. The quantitative estimate of drug-likeness (QED) is 0.324. The fraction of sp³-hybridized carbons (Fsp3) is 0.897. The van der Waals surface area contributed by atoms with Gasteiger partial charge < -0.3 is 30.6 Å². The lowest BCUT2D eigenvalue weighted by Gasteiger charge is -2.60. The number of aliphatic hydroxyl groups is 6. The van der Waals surface area contributed by atoms with Crippen molar-refractivity contribution in [2.45, 2.75) is 128 Å². The van der Waals surface area contributed by atoms with Crippen molar-refractivity contribution in [2.75, 3.05) is 0 Å². The molecule has 11 atom stereocenters. The van der Waals surface area contributed by atoms with Gasteiger partial charge >= 0.3 is 0 Å². The van der Waals surface area contributed by atoms with E-state index in [0.29, 0.717) is 44.1 Å². The molecule has 0 radical (unpaired) electrons. The number of hydrogen-bond acceptors (Lipinski definition) is 7. The van der Waals surface area contributed by atoms with E-state index < -0.39 is 51.9 Å². The van der Waals surface area contributed by atoms with Crippen LogP contribution < -0.4 is 0 Å². The zero-order valence-corrected chi connectivity index (χ0v) is 22.9. The van der Waals surface area contributed by atoms with Crippen molar-refractivity contribution in [3.8, 4) is 0 Å². The number of allylic oxidation sites excluding steroid dienone is 1. The third kappa shape index (κ3) is 3.95. The Morgan fingerprint density at radius 3 is 2.28 bits per heavy atom. The standard InChI is InChI=1S/C29H48O7/c1-7-16(25(2,3)34)12-24(33)28(6,35)23-9-11-29(36)18-13-20(30)19-14-21(31)22(32)15-26(19,4)17(18)8-10-27(23,29)5/h13,16-17,19,21-24,31-36H,7-12,14-15H2,1-6H3. The summed E-state index contributed by atoms with van der Waals surface area (Å²) in [7, 11) is 0. The summed E-state index contributed by atoms with van der Waals surface area (Å²) < 4.78 is 0. The maximum Gasteiger partial charge on any atom is 0.159 e. The first-order valence-corrected chi connectivity index (χ1v) is 13.9. The van der Waals surface area contributed by atoms with Crippen LogP contribution in [0.3, 0.4) is 0 Å². The maximum atomic E-state index is 13.3. The molecular weight excluding hydrogens is 460 g/mol. The van der Waals surface area contributed by atoms with Gasteiger partial charge in [0.05, 0.1) is 35.1 Å². The fourth-order valence-electron chi connectivity index (χ4n) is 9.00. The molecule has 0 aromatic heterocycles. The lowest BCUT2D eigenvalue weighted by molar-refractivity contribution is -0.179. The van der Waals surface area contributed by atoms with E-state index in [2.05, 4.69) is 0 Å². The van der Waals surface area contributed by atoms with Crippen LogP contribution in [0.4, 0.5) is 0 Å². The van der Waals surface area contributed by atoms with Gasteiger partial charge in [0.15, 0.2) is 5.78 Å². The minimum atomic E-state index is -1.48. The van der Waals surface area contributed by atoms with Crippen molar-refractivity contribution in [3.63, 3.8) is 0 Å². The van der Waals surface area contributed by atoms with E-state index in [0.717, 1.165) is 0 Å². The Kier molecular flexibility index (Phi) is 6.93. The third-order valence-electron chi connectivity index (χ3n) is 11.5. The van der Waals surface area contributed by atoms with Crippen LogP contribution in [-0.2, 0) is 4.79 Å². The van der Waals surface area contributed by atoms with E-state index in [9.17, 15) is 35.4 Å². The highest BCUT2D eigenvalue weighted by molar-refractivity contribution is 5.95. The Balaban J connectivity index is 1.66. The molecule has 3 saturated carbocycles. The summed E-state index contributed by atoms with van der Waals surface area (Å²) in [5.74, 6) is -1.16. The van der Waals surface area contributed by atoms with Crippen LogP contribution in [0.1, 0.15) is 92.9 Å². The first-order chi connectivity index (χ1) is 16.4. The Hall–Kier alpha value is -0.830. The number of rotatable bonds is 6. The Morgan fingerprint density at radius 1 is 1.06 bits per heavy atom. The second kappa shape index (κ2) is 8.85. The fourth-order valence-corrected chi connectivity index (χ4v) is 9.00. The molecule has 11 unspecified atom stereocenters. The van der Waals surface area contributed by atoms with Crippen LogP contribution in [0.5, 0.6) is 0 Å². The monoisotopic (exact) mass is 508 g/mol. The molecule has 0 heterocycles. The highest BCUT2D eigenvalue weighted by Gasteiger charge is 2.69. The molecule has 7 heteroatoms. The second-order valence-corrected chi connectivity index (χ2v) is 13.8. The summed E-state index contributed by atoms with van der Waals surface area (Å²) in [5.41, 5.74) is -4.34. The smallest absolute Gasteiger partial charge is 0.159 e. The van der Waals surface area contributed by atoms with Crippen LogP contribution in [0, 0.1) is 34.5 Å². The van der Waals surface area contributed by atoms with Gasteiger partial charge in [0.2, 0.25) is 0 Å². The molecule has 3 fully saturated rings. The molecule has 0 bridgehead atoms. The lowest BCUT2D eigenvalue weighted by Crippen LogP contribution is -2.63. The van der Waals surface area contributed by atoms with Crippen LogP contribution in [-0.4, -0.2) is 71.5 Å². The molecule has 36 heavy (non-hydrogen) atoms. The first kappa shape index (κ1) is 28.2. The second-order valence-electron chi connectivity index (χ2n) is 13.8. The predicted molar refractivity (Wildman–Crippen MR) is 136 cm³/mol. The number of hydrogen-bond donors (Lipinski definition) is 6. The van der Waals surface area contributed by atoms with E-state index in [1.807, 2.05) is 20.8 Å². The molecule has 4 rings (SSSR count). The Bertz CT molecular complexity index is 906. The average Bonchev–Trinajstić information content (AvgIpc) is 3.05. The normalized spacial score (nSPS) is 46.2. The molecule has 6 N–H and O–H groups in total. The maximum absolute atomic E-state index is 13.3. The van der Waals surface area contributed by atoms with Crippen LogP contribution >= 0.6 is 0 Å². The van der Waals surface area contributed by atoms with Crippen molar-refractivity contribution < 1.29 is 35.4 Å². The zero-order chi connectivity index (χ0) is 27.1. The first-order valence-electron chi connectivity index (χ1n) is 13.9. The Labute approximate surface area is 215 Å². The van der Waals surface area contributed by atoms with E-state index in [1.165, 1.54) is 0 Å². The summed E-state index contributed by atoms with van der Waals surface area (Å²) in [6.45, 7) is 11.1. The molecule has 206 valence electrons. The van der Waals surface area contributed by atoms with Gasteiger partial charge in [-0.3, -0.25) is 4.79 Å². The molecule has 0 aliphatic heterocycles. The van der Waals surface area contributed by atoms with Crippen LogP contribution in [0.2, 0.25) is 0 Å². The van der Waals surface area contributed by atoms with E-state index >= 15 is 0 Å². The Morgan fingerprint density at radius 2 is 1.69 bits per heavy atom. The van der Waals surface area contributed by atoms with E-state index in [-0.39, 0.29) is 36.4 Å². The van der Waals surface area contributed by atoms with Crippen LogP contribution in [0.25, 0.3) is 0 Å². The van der Waals surface area contributed by atoms with Crippen LogP contribution in [0.15, 0.2) is 11.6 Å². The van der Waals surface area contributed by atoms with Gasteiger partial charge in [-0.25, -0.2) is 0 Å². The molecule has 0 aromatic rings. The van der Waals surface area contributed by atoms with Crippen molar-refractivity contribution in [2.24, 2.45) is 34.5 Å². The van der Waals surface area contributed by atoms with E-state index in [1.54, 1.807) is 26.8 Å². The molecular formula is C29H48O7. The molecule has 0 spiro atoms. The van der Waals surface area contributed by atoms with Gasteiger partial charge in [-0.1, -0.05) is 27.2 Å². The average molecular weight is 509 g/mol. The van der Waals surface area contributed by atoms with E-state index in [4.69, 9.17) is 0 Å². The SMILES string of the molecule is CCC(CC(O)C(C)(O)C1CCC2(O)C3=CC(=O)C4CC(O)C(O)CC4(C)C3CCC12C)C(C)(C)O. The molecule has 0 aromatic carbocycles. The number of fused-ring (bicyclic) bond motifs is 5. The third-order valence-corrected chi connectivity index (χ3v) is 11.5. The molecule has 0 saturated heterocycles. The molecule has 7 nitrogen and oxygen atoms in total. The summed E-state index contributed by atoms with van der Waals surface area (Å²) >= 11 is 0. The van der Waals surface area contributed by atoms with Gasteiger partial charge in [-0.2, -0.15) is 0 Å². The number of carbonyl (C=O) groups is 1. The van der Waals surface area contributed by atoms with Gasteiger partial charge in [0, 0.05) is 11.3 Å². The minimum Gasteiger partial charge on any atom is -0.390 e. The highest BCUT2D eigenvalue weighted by atomic mass is 16.3. The van der Waals surface area contributed by atoms with Gasteiger partial charge in [0.1, 0.15) is 0 Å². The molecule has 0 amide bonds. The largest absolute Gasteiger partial charge is 0.390 e. The topological polar surface area (TPSA) is 138 Å². The lowest BCUT2D eigenvalue weighted by atomic mass is 9.45. The van der Waals surface area contributed by atoms with Crippen molar-refractivity contribution >= 4 is 5.78 Å². The predicted octanol–water partition coefficient (Wildman–Crippen LogP) is 2.49. The minimum absolute atomic E-state index is 0.0892. The zero-order valence-electron chi connectivity index (χ0n) is 22.9. The summed E-state index contributed by atoms with van der Waals surface area (Å²) in [4.78, 5) is 13.3. The summed E-state index contributed by atoms with van der Waals surface area (Å²) in [6, 6.07) is 0. The van der Waals surface area contributed by atoms with Gasteiger partial charge in [0.25, 0.3) is 0 Å². The van der Waals surface area contributed by atoms with Gasteiger partial charge in [-0.05, 0) is 101 Å². The number of carbonyl (C=O) groups excluding carboxylic acids is 1. The molecule has 4 aliphatic carbocycles. The van der Waals surface area contributed by atoms with Gasteiger partial charge in [-0.15, -0.1) is 0 Å².